The van der Waals surface area contributed by atoms with Gasteiger partial charge in [0.1, 0.15) is 0 Å². The monoisotopic (exact) mass is 275 g/mol. The van der Waals surface area contributed by atoms with Crippen molar-refractivity contribution in [3.05, 3.63) is 35.9 Å². The Balaban J connectivity index is 1.54. The van der Waals surface area contributed by atoms with E-state index < -0.39 is 0 Å². The summed E-state index contributed by atoms with van der Waals surface area (Å²) in [5.41, 5.74) is 1.03. The van der Waals surface area contributed by atoms with Gasteiger partial charge in [-0.05, 0) is 24.8 Å². The Morgan fingerprint density at radius 3 is 2.85 bits per heavy atom. The highest BCUT2D eigenvalue weighted by molar-refractivity contribution is 5.17. The van der Waals surface area contributed by atoms with E-state index in [2.05, 4.69) is 4.90 Å². The van der Waals surface area contributed by atoms with Gasteiger partial charge >= 0.3 is 0 Å². The van der Waals surface area contributed by atoms with Crippen LogP contribution in [0, 0.1) is 0 Å². The van der Waals surface area contributed by atoms with Crippen molar-refractivity contribution in [1.29, 1.82) is 0 Å². The van der Waals surface area contributed by atoms with E-state index in [1.165, 1.54) is 25.7 Å². The zero-order valence-electron chi connectivity index (χ0n) is 12.1. The predicted molar refractivity (Wildman–Crippen MR) is 79.6 cm³/mol. The molecule has 2 aliphatic rings. The van der Waals surface area contributed by atoms with Gasteiger partial charge in [-0.25, -0.2) is 0 Å². The summed E-state index contributed by atoms with van der Waals surface area (Å²) in [7, 11) is 0. The average Bonchev–Trinajstić information content (AvgIpc) is 2.53. The molecule has 1 saturated heterocycles. The number of hydrogen-bond acceptors (Lipinski definition) is 3. The fourth-order valence-electron chi connectivity index (χ4n) is 3.58. The number of aliphatic hydroxyl groups excluding tert-OH is 1. The molecule has 3 unspecified atom stereocenters. The second-order valence-corrected chi connectivity index (χ2v) is 6.01. The fraction of sp³-hybridized carbons (Fsp3) is 0.647. The number of fused-ring (bicyclic) bond motifs is 1. The predicted octanol–water partition coefficient (Wildman–Crippen LogP) is 2.75. The van der Waals surface area contributed by atoms with Crippen LogP contribution in [0.3, 0.4) is 0 Å². The van der Waals surface area contributed by atoms with Crippen LogP contribution in [0.25, 0.3) is 0 Å². The van der Waals surface area contributed by atoms with E-state index in [0.717, 1.165) is 31.7 Å². The summed E-state index contributed by atoms with van der Waals surface area (Å²) in [6.45, 7) is 2.84. The highest BCUT2D eigenvalue weighted by Crippen LogP contribution is 2.29. The number of hydrogen-bond donors (Lipinski definition) is 1. The van der Waals surface area contributed by atoms with Crippen molar-refractivity contribution in [2.75, 3.05) is 19.7 Å². The van der Waals surface area contributed by atoms with E-state index >= 15 is 0 Å². The molecule has 0 radical (unpaired) electrons. The summed E-state index contributed by atoms with van der Waals surface area (Å²) in [6, 6.07) is 10.6. The molecule has 1 N–H and O–H groups in total. The summed E-state index contributed by atoms with van der Waals surface area (Å²) in [5, 5.41) is 10.3. The van der Waals surface area contributed by atoms with Crippen molar-refractivity contribution in [2.45, 2.75) is 50.4 Å². The Labute approximate surface area is 121 Å². The number of nitrogens with zero attached hydrogens (tertiary/aromatic N) is 1. The Hall–Kier alpha value is -0.900. The Morgan fingerprint density at radius 2 is 2.00 bits per heavy atom. The third-order valence-electron chi connectivity index (χ3n) is 4.72. The molecule has 20 heavy (non-hydrogen) atoms. The molecule has 1 aromatic rings. The van der Waals surface area contributed by atoms with Crippen molar-refractivity contribution in [1.82, 2.24) is 4.90 Å². The molecule has 2 fully saturated rings. The van der Waals surface area contributed by atoms with Crippen LogP contribution < -0.4 is 0 Å². The van der Waals surface area contributed by atoms with Crippen molar-refractivity contribution in [3.8, 4) is 0 Å². The minimum absolute atomic E-state index is 0.346. The zero-order chi connectivity index (χ0) is 13.8. The standard InChI is InChI=1S/C17H25NO2/c19-16(14-6-2-1-3-7-14)10-11-18-12-13-20-17-9-5-4-8-15(17)18/h1-3,6-7,15-17,19H,4-5,8-13H2. The lowest BCUT2D eigenvalue weighted by Crippen LogP contribution is -2.52. The molecule has 1 saturated carbocycles. The number of benzene rings is 1. The minimum Gasteiger partial charge on any atom is -0.388 e. The maximum absolute atomic E-state index is 10.3. The zero-order valence-corrected chi connectivity index (χ0v) is 12.1. The SMILES string of the molecule is OC(CCN1CCOC2CCCCC21)c1ccccc1. The highest BCUT2D eigenvalue weighted by atomic mass is 16.5. The number of aliphatic hydroxyl groups is 1. The molecule has 1 aliphatic carbocycles. The molecular formula is C17H25NO2. The number of rotatable bonds is 4. The Kier molecular flexibility index (Phi) is 4.71. The first-order chi connectivity index (χ1) is 9.84. The number of morpholine rings is 1. The topological polar surface area (TPSA) is 32.7 Å². The van der Waals surface area contributed by atoms with E-state index in [1.54, 1.807) is 0 Å². The van der Waals surface area contributed by atoms with Crippen molar-refractivity contribution >= 4 is 0 Å². The van der Waals surface area contributed by atoms with Crippen LogP contribution >= 0.6 is 0 Å². The summed E-state index contributed by atoms with van der Waals surface area (Å²) < 4.78 is 5.90. The smallest absolute Gasteiger partial charge is 0.0802 e. The maximum atomic E-state index is 10.3. The number of ether oxygens (including phenoxy) is 1. The van der Waals surface area contributed by atoms with Gasteiger partial charge in [-0.2, -0.15) is 0 Å². The summed E-state index contributed by atoms with van der Waals surface area (Å²) in [5.74, 6) is 0. The Bertz CT molecular complexity index is 407. The van der Waals surface area contributed by atoms with Crippen LogP contribution in [-0.2, 0) is 4.74 Å². The summed E-state index contributed by atoms with van der Waals surface area (Å²) in [4.78, 5) is 2.54. The molecular weight excluding hydrogens is 250 g/mol. The quantitative estimate of drug-likeness (QED) is 0.917. The van der Waals surface area contributed by atoms with Gasteiger partial charge in [-0.1, -0.05) is 43.2 Å². The van der Waals surface area contributed by atoms with Gasteiger partial charge in [-0.15, -0.1) is 0 Å². The molecule has 110 valence electrons. The van der Waals surface area contributed by atoms with Gasteiger partial charge in [0.2, 0.25) is 0 Å². The molecule has 3 atom stereocenters. The van der Waals surface area contributed by atoms with Crippen molar-refractivity contribution < 1.29 is 9.84 Å². The maximum Gasteiger partial charge on any atom is 0.0802 e. The van der Waals surface area contributed by atoms with Gasteiger partial charge in [0.25, 0.3) is 0 Å². The molecule has 0 spiro atoms. The van der Waals surface area contributed by atoms with E-state index in [1.807, 2.05) is 30.3 Å². The van der Waals surface area contributed by atoms with E-state index in [4.69, 9.17) is 4.74 Å². The van der Waals surface area contributed by atoms with Gasteiger partial charge in [0.05, 0.1) is 18.8 Å². The summed E-state index contributed by atoms with van der Waals surface area (Å²) in [6.07, 6.45) is 6.00. The molecule has 0 amide bonds. The molecule has 1 heterocycles. The lowest BCUT2D eigenvalue weighted by atomic mass is 9.90. The lowest BCUT2D eigenvalue weighted by Gasteiger charge is -2.44. The second kappa shape index (κ2) is 6.70. The van der Waals surface area contributed by atoms with Crippen LogP contribution in [0.15, 0.2) is 30.3 Å². The van der Waals surface area contributed by atoms with Gasteiger partial charge in [-0.3, -0.25) is 4.90 Å². The Morgan fingerprint density at radius 1 is 1.20 bits per heavy atom. The highest BCUT2D eigenvalue weighted by Gasteiger charge is 2.33. The van der Waals surface area contributed by atoms with E-state index in [9.17, 15) is 5.11 Å². The second-order valence-electron chi connectivity index (χ2n) is 6.01. The first-order valence-electron chi connectivity index (χ1n) is 7.93. The van der Waals surface area contributed by atoms with Gasteiger partial charge < -0.3 is 9.84 Å². The third-order valence-corrected chi connectivity index (χ3v) is 4.72. The average molecular weight is 275 g/mol. The van der Waals surface area contributed by atoms with Crippen LogP contribution in [0.5, 0.6) is 0 Å². The fourth-order valence-corrected chi connectivity index (χ4v) is 3.58. The first kappa shape index (κ1) is 14.1. The largest absolute Gasteiger partial charge is 0.388 e. The lowest BCUT2D eigenvalue weighted by molar-refractivity contribution is -0.0904. The van der Waals surface area contributed by atoms with Gasteiger partial charge in [0, 0.05) is 19.1 Å². The first-order valence-corrected chi connectivity index (χ1v) is 7.93. The molecule has 1 aliphatic heterocycles. The summed E-state index contributed by atoms with van der Waals surface area (Å²) >= 11 is 0. The van der Waals surface area contributed by atoms with Crippen LogP contribution in [-0.4, -0.2) is 41.8 Å². The van der Waals surface area contributed by atoms with Gasteiger partial charge in [0.15, 0.2) is 0 Å². The van der Waals surface area contributed by atoms with Crippen LogP contribution in [0.4, 0.5) is 0 Å². The van der Waals surface area contributed by atoms with Crippen molar-refractivity contribution in [3.63, 3.8) is 0 Å². The minimum atomic E-state index is -0.346. The van der Waals surface area contributed by atoms with E-state index in [0.29, 0.717) is 12.1 Å². The molecule has 1 aromatic carbocycles. The molecule has 3 heteroatoms. The molecule has 3 rings (SSSR count). The molecule has 0 bridgehead atoms. The van der Waals surface area contributed by atoms with E-state index in [-0.39, 0.29) is 6.10 Å². The van der Waals surface area contributed by atoms with Crippen LogP contribution in [0.1, 0.15) is 43.8 Å². The molecule has 3 nitrogen and oxygen atoms in total. The van der Waals surface area contributed by atoms with Crippen LogP contribution in [0.2, 0.25) is 0 Å². The third kappa shape index (κ3) is 3.22. The van der Waals surface area contributed by atoms with Crippen molar-refractivity contribution in [2.24, 2.45) is 0 Å². The normalized spacial score (nSPS) is 28.9. The molecule has 0 aromatic heterocycles.